The fourth-order valence-corrected chi connectivity index (χ4v) is 6.24. The first-order chi connectivity index (χ1) is 10.4. The number of rotatable bonds is 5. The summed E-state index contributed by atoms with van der Waals surface area (Å²) in [6.45, 7) is 2.28. The molecule has 0 bridgehead atoms. The van der Waals surface area contributed by atoms with Crippen LogP contribution in [0.4, 0.5) is 0 Å². The molecular weight excluding hydrogens is 338 g/mol. The van der Waals surface area contributed by atoms with Crippen LogP contribution in [0.1, 0.15) is 30.7 Å². The summed E-state index contributed by atoms with van der Waals surface area (Å²) in [5.74, 6) is 0. The van der Waals surface area contributed by atoms with Gasteiger partial charge in [0.2, 0.25) is 0 Å². The summed E-state index contributed by atoms with van der Waals surface area (Å²) in [6, 6.07) is 3.47. The van der Waals surface area contributed by atoms with E-state index >= 15 is 0 Å². The SMILES string of the molecule is Cc1nc(-c2ccc(S(=O)(=O)NC3(CN)CCCC3)s2)cs1. The highest BCUT2D eigenvalue weighted by Gasteiger charge is 2.37. The van der Waals surface area contributed by atoms with E-state index < -0.39 is 15.6 Å². The van der Waals surface area contributed by atoms with Crippen LogP contribution < -0.4 is 10.5 Å². The number of thiophene rings is 1. The maximum Gasteiger partial charge on any atom is 0.250 e. The number of nitrogens with one attached hydrogen (secondary N) is 1. The predicted molar refractivity (Wildman–Crippen MR) is 90.7 cm³/mol. The third-order valence-electron chi connectivity index (χ3n) is 4.02. The van der Waals surface area contributed by atoms with Crippen LogP contribution in [0.2, 0.25) is 0 Å². The van der Waals surface area contributed by atoms with E-state index in [1.54, 1.807) is 17.4 Å². The maximum absolute atomic E-state index is 12.6. The van der Waals surface area contributed by atoms with Gasteiger partial charge in [0.05, 0.1) is 15.6 Å². The van der Waals surface area contributed by atoms with Gasteiger partial charge in [0.1, 0.15) is 4.21 Å². The highest BCUT2D eigenvalue weighted by molar-refractivity contribution is 7.91. The summed E-state index contributed by atoms with van der Waals surface area (Å²) >= 11 is 2.81. The molecule has 2 aromatic heterocycles. The zero-order valence-electron chi connectivity index (χ0n) is 12.3. The van der Waals surface area contributed by atoms with Crippen LogP contribution in [0.3, 0.4) is 0 Å². The van der Waals surface area contributed by atoms with Crippen LogP contribution in [-0.2, 0) is 10.0 Å². The Kier molecular flexibility index (Phi) is 4.39. The molecule has 1 fully saturated rings. The van der Waals surface area contributed by atoms with Gasteiger partial charge in [0.15, 0.2) is 0 Å². The van der Waals surface area contributed by atoms with Gasteiger partial charge in [-0.25, -0.2) is 18.1 Å². The van der Waals surface area contributed by atoms with E-state index in [-0.39, 0.29) is 0 Å². The Bertz CT molecular complexity index is 758. The van der Waals surface area contributed by atoms with Crippen LogP contribution in [0.15, 0.2) is 21.7 Å². The standard InChI is InChI=1S/C14H19N3O2S3/c1-10-16-11(8-20-10)12-4-5-13(21-12)22(18,19)17-14(9-15)6-2-3-7-14/h4-5,8,17H,2-3,6-7,9,15H2,1H3. The van der Waals surface area contributed by atoms with Gasteiger partial charge in [-0.05, 0) is 31.9 Å². The number of hydrogen-bond donors (Lipinski definition) is 2. The van der Waals surface area contributed by atoms with Crippen LogP contribution in [0.25, 0.3) is 10.6 Å². The molecule has 22 heavy (non-hydrogen) atoms. The Morgan fingerprint density at radius 2 is 2.09 bits per heavy atom. The van der Waals surface area contributed by atoms with Gasteiger partial charge in [-0.15, -0.1) is 22.7 Å². The molecule has 5 nitrogen and oxygen atoms in total. The topological polar surface area (TPSA) is 85.1 Å². The molecular formula is C14H19N3O2S3. The minimum Gasteiger partial charge on any atom is -0.329 e. The summed E-state index contributed by atoms with van der Waals surface area (Å²) in [6.07, 6.45) is 3.67. The molecule has 0 spiro atoms. The fourth-order valence-electron chi connectivity index (χ4n) is 2.81. The molecule has 0 atom stereocenters. The molecule has 0 aromatic carbocycles. The normalized spacial score (nSPS) is 17.9. The Morgan fingerprint density at radius 1 is 1.36 bits per heavy atom. The van der Waals surface area contributed by atoms with Gasteiger partial charge in [0.25, 0.3) is 10.0 Å². The molecule has 0 radical (unpaired) electrons. The fraction of sp³-hybridized carbons (Fsp3) is 0.500. The Hall–Kier alpha value is -0.800. The summed E-state index contributed by atoms with van der Waals surface area (Å²) in [4.78, 5) is 5.28. The third-order valence-corrected chi connectivity index (χ3v) is 7.97. The summed E-state index contributed by atoms with van der Waals surface area (Å²) < 4.78 is 28.4. The van der Waals surface area contributed by atoms with E-state index in [9.17, 15) is 8.42 Å². The number of aromatic nitrogens is 1. The van der Waals surface area contributed by atoms with Crippen LogP contribution in [-0.4, -0.2) is 25.5 Å². The minimum atomic E-state index is -3.53. The van der Waals surface area contributed by atoms with E-state index in [4.69, 9.17) is 5.73 Å². The number of sulfonamides is 1. The lowest BCUT2D eigenvalue weighted by Crippen LogP contribution is -2.51. The number of thiazole rings is 1. The summed E-state index contributed by atoms with van der Waals surface area (Å²) in [5.41, 5.74) is 6.19. The molecule has 0 saturated heterocycles. The second kappa shape index (κ2) is 6.01. The molecule has 1 aliphatic rings. The Balaban J connectivity index is 1.85. The second-order valence-corrected chi connectivity index (χ2v) is 9.72. The predicted octanol–water partition coefficient (Wildman–Crippen LogP) is 2.73. The van der Waals surface area contributed by atoms with Gasteiger partial charge in [0, 0.05) is 17.5 Å². The highest BCUT2D eigenvalue weighted by atomic mass is 32.2. The zero-order chi connectivity index (χ0) is 15.8. The van der Waals surface area contributed by atoms with Crippen molar-refractivity contribution in [1.82, 2.24) is 9.71 Å². The lowest BCUT2D eigenvalue weighted by molar-refractivity contribution is 0.400. The molecule has 0 aliphatic heterocycles. The first-order valence-electron chi connectivity index (χ1n) is 7.21. The average Bonchev–Trinajstić information content (AvgIpc) is 3.17. The Labute approximate surface area is 138 Å². The lowest BCUT2D eigenvalue weighted by Gasteiger charge is -2.27. The van der Waals surface area contributed by atoms with E-state index in [1.165, 1.54) is 11.3 Å². The van der Waals surface area contributed by atoms with Crippen molar-refractivity contribution >= 4 is 32.7 Å². The lowest BCUT2D eigenvalue weighted by atomic mass is 10.0. The van der Waals surface area contributed by atoms with Crippen molar-refractivity contribution in [2.45, 2.75) is 42.4 Å². The average molecular weight is 358 g/mol. The van der Waals surface area contributed by atoms with E-state index in [2.05, 4.69) is 9.71 Å². The number of aryl methyl sites for hydroxylation is 1. The van der Waals surface area contributed by atoms with Gasteiger partial charge >= 0.3 is 0 Å². The molecule has 120 valence electrons. The molecule has 3 rings (SSSR count). The minimum absolute atomic E-state index is 0.327. The molecule has 2 aromatic rings. The van der Waals surface area contributed by atoms with Crippen molar-refractivity contribution in [3.63, 3.8) is 0 Å². The van der Waals surface area contributed by atoms with Crippen LogP contribution in [0.5, 0.6) is 0 Å². The molecule has 8 heteroatoms. The van der Waals surface area contributed by atoms with Gasteiger partial charge in [-0.3, -0.25) is 0 Å². The number of nitrogens with zero attached hydrogens (tertiary/aromatic N) is 1. The first-order valence-corrected chi connectivity index (χ1v) is 10.4. The second-order valence-electron chi connectivity index (χ2n) is 5.67. The summed E-state index contributed by atoms with van der Waals surface area (Å²) in [7, 11) is -3.53. The summed E-state index contributed by atoms with van der Waals surface area (Å²) in [5, 5.41) is 2.92. The van der Waals surface area contributed by atoms with Gasteiger partial charge in [-0.1, -0.05) is 12.8 Å². The van der Waals surface area contributed by atoms with Crippen molar-refractivity contribution < 1.29 is 8.42 Å². The third kappa shape index (κ3) is 3.11. The number of nitrogens with two attached hydrogens (primary N) is 1. The van der Waals surface area contributed by atoms with Crippen molar-refractivity contribution in [3.05, 3.63) is 22.5 Å². The van der Waals surface area contributed by atoms with E-state index in [0.29, 0.717) is 10.8 Å². The van der Waals surface area contributed by atoms with Crippen molar-refractivity contribution in [1.29, 1.82) is 0 Å². The van der Waals surface area contributed by atoms with Crippen LogP contribution >= 0.6 is 22.7 Å². The van der Waals surface area contributed by atoms with Crippen LogP contribution in [0, 0.1) is 6.92 Å². The molecule has 1 aliphatic carbocycles. The van der Waals surface area contributed by atoms with E-state index in [1.807, 2.05) is 18.4 Å². The highest BCUT2D eigenvalue weighted by Crippen LogP contribution is 2.34. The quantitative estimate of drug-likeness (QED) is 0.861. The Morgan fingerprint density at radius 3 is 2.68 bits per heavy atom. The monoisotopic (exact) mass is 357 g/mol. The zero-order valence-corrected chi connectivity index (χ0v) is 14.8. The smallest absolute Gasteiger partial charge is 0.250 e. The molecule has 3 N–H and O–H groups in total. The maximum atomic E-state index is 12.6. The largest absolute Gasteiger partial charge is 0.329 e. The number of hydrogen-bond acceptors (Lipinski definition) is 6. The van der Waals surface area contributed by atoms with Crippen molar-refractivity contribution in [2.75, 3.05) is 6.54 Å². The van der Waals surface area contributed by atoms with Crippen molar-refractivity contribution in [3.8, 4) is 10.6 Å². The molecule has 0 amide bonds. The van der Waals surface area contributed by atoms with Gasteiger partial charge in [-0.2, -0.15) is 0 Å². The molecule has 2 heterocycles. The molecule has 0 unspecified atom stereocenters. The van der Waals surface area contributed by atoms with Crippen molar-refractivity contribution in [2.24, 2.45) is 5.73 Å². The van der Waals surface area contributed by atoms with E-state index in [0.717, 1.165) is 41.3 Å². The molecule has 1 saturated carbocycles. The van der Waals surface area contributed by atoms with Gasteiger partial charge < -0.3 is 5.73 Å². The first kappa shape index (κ1) is 16.1.